The number of carbonyl (C=O) groups excluding carboxylic acids is 2. The molecule has 0 unspecified atom stereocenters. The van der Waals surface area contributed by atoms with Crippen molar-refractivity contribution in [3.8, 4) is 0 Å². The van der Waals surface area contributed by atoms with E-state index in [4.69, 9.17) is 0 Å². The molecule has 0 saturated carbocycles. The number of Topliss-reactive ketones (excluding diaryl/α,β-unsaturated/α-hetero) is 1. The number of rotatable bonds is 3. The van der Waals surface area contributed by atoms with Gasteiger partial charge in [-0.1, -0.05) is 13.3 Å². The summed E-state index contributed by atoms with van der Waals surface area (Å²) in [6.07, 6.45) is 3.38. The number of nitrogens with one attached hydrogen (secondary N) is 1. The highest BCUT2D eigenvalue weighted by molar-refractivity contribution is 5.95. The van der Waals surface area contributed by atoms with Crippen molar-refractivity contribution in [3.05, 3.63) is 29.8 Å². The van der Waals surface area contributed by atoms with E-state index in [-0.39, 0.29) is 11.8 Å². The molecule has 108 valence electrons. The predicted octanol–water partition coefficient (Wildman–Crippen LogP) is 3.54. The van der Waals surface area contributed by atoms with Crippen molar-refractivity contribution in [1.82, 2.24) is 4.90 Å². The van der Waals surface area contributed by atoms with Gasteiger partial charge in [-0.3, -0.25) is 4.79 Å². The van der Waals surface area contributed by atoms with E-state index in [1.54, 1.807) is 24.3 Å². The van der Waals surface area contributed by atoms with E-state index >= 15 is 0 Å². The summed E-state index contributed by atoms with van der Waals surface area (Å²) in [6, 6.07) is 6.97. The molecule has 1 fully saturated rings. The number of likely N-dealkylation sites (tertiary alicyclic amines) is 1. The number of anilines is 1. The largest absolute Gasteiger partial charge is 0.325 e. The van der Waals surface area contributed by atoms with Crippen LogP contribution in [0.4, 0.5) is 10.5 Å². The lowest BCUT2D eigenvalue weighted by Crippen LogP contribution is -2.40. The van der Waals surface area contributed by atoms with E-state index in [1.807, 2.05) is 4.90 Å². The van der Waals surface area contributed by atoms with Crippen LogP contribution in [0.15, 0.2) is 24.3 Å². The number of nitrogens with zero attached hydrogens (tertiary/aromatic N) is 1. The summed E-state index contributed by atoms with van der Waals surface area (Å²) in [5.74, 6) is 0.790. The van der Waals surface area contributed by atoms with Crippen LogP contribution >= 0.6 is 0 Å². The molecule has 2 rings (SSSR count). The maximum absolute atomic E-state index is 12.1. The van der Waals surface area contributed by atoms with E-state index in [0.29, 0.717) is 5.56 Å². The third-order valence-electron chi connectivity index (χ3n) is 4.02. The topological polar surface area (TPSA) is 49.4 Å². The van der Waals surface area contributed by atoms with Gasteiger partial charge in [-0.25, -0.2) is 4.79 Å². The number of piperidine rings is 1. The standard InChI is InChI=1S/C16H22N2O2/c1-3-13-8-10-18(11-9-13)16(20)17-15-6-4-14(5-7-15)12(2)19/h4-7,13H,3,8-11H2,1-2H3,(H,17,20). The van der Waals surface area contributed by atoms with Crippen LogP contribution in [0.3, 0.4) is 0 Å². The van der Waals surface area contributed by atoms with Crippen LogP contribution in [-0.2, 0) is 0 Å². The Bertz CT molecular complexity index is 474. The molecule has 0 radical (unpaired) electrons. The quantitative estimate of drug-likeness (QED) is 0.857. The lowest BCUT2D eigenvalue weighted by atomic mass is 9.95. The summed E-state index contributed by atoms with van der Waals surface area (Å²) in [7, 11) is 0. The van der Waals surface area contributed by atoms with Crippen molar-refractivity contribution in [2.24, 2.45) is 5.92 Å². The fourth-order valence-corrected chi connectivity index (χ4v) is 2.54. The van der Waals surface area contributed by atoms with Gasteiger partial charge in [0, 0.05) is 24.3 Å². The summed E-state index contributed by atoms with van der Waals surface area (Å²) < 4.78 is 0. The third-order valence-corrected chi connectivity index (χ3v) is 4.02. The molecule has 20 heavy (non-hydrogen) atoms. The van der Waals surface area contributed by atoms with Gasteiger partial charge >= 0.3 is 6.03 Å². The zero-order chi connectivity index (χ0) is 14.5. The van der Waals surface area contributed by atoms with Gasteiger partial charge in [-0.05, 0) is 49.9 Å². The Labute approximate surface area is 120 Å². The van der Waals surface area contributed by atoms with Crippen LogP contribution < -0.4 is 5.32 Å². The molecule has 0 aliphatic carbocycles. The highest BCUT2D eigenvalue weighted by Crippen LogP contribution is 2.20. The minimum Gasteiger partial charge on any atom is -0.325 e. The zero-order valence-corrected chi connectivity index (χ0v) is 12.2. The van der Waals surface area contributed by atoms with Crippen molar-refractivity contribution in [3.63, 3.8) is 0 Å². The van der Waals surface area contributed by atoms with Crippen LogP contribution in [0.2, 0.25) is 0 Å². The Morgan fingerprint density at radius 3 is 2.30 bits per heavy atom. The van der Waals surface area contributed by atoms with Gasteiger partial charge in [-0.15, -0.1) is 0 Å². The highest BCUT2D eigenvalue weighted by atomic mass is 16.2. The van der Waals surface area contributed by atoms with Crippen LogP contribution in [0.5, 0.6) is 0 Å². The number of hydrogen-bond donors (Lipinski definition) is 1. The SMILES string of the molecule is CCC1CCN(C(=O)Nc2ccc(C(C)=O)cc2)CC1. The zero-order valence-electron chi connectivity index (χ0n) is 12.2. The van der Waals surface area contributed by atoms with Crippen molar-refractivity contribution in [2.75, 3.05) is 18.4 Å². The highest BCUT2D eigenvalue weighted by Gasteiger charge is 2.21. The van der Waals surface area contributed by atoms with E-state index in [0.717, 1.165) is 37.5 Å². The third kappa shape index (κ3) is 3.59. The number of ketones is 1. The van der Waals surface area contributed by atoms with Gasteiger partial charge in [0.25, 0.3) is 0 Å². The van der Waals surface area contributed by atoms with Gasteiger partial charge in [-0.2, -0.15) is 0 Å². The Kier molecular flexibility index (Phi) is 4.77. The summed E-state index contributed by atoms with van der Waals surface area (Å²) >= 11 is 0. The minimum absolute atomic E-state index is 0.0320. The van der Waals surface area contributed by atoms with Crippen LogP contribution in [0.1, 0.15) is 43.5 Å². The number of hydrogen-bond acceptors (Lipinski definition) is 2. The second kappa shape index (κ2) is 6.55. The van der Waals surface area contributed by atoms with E-state index in [2.05, 4.69) is 12.2 Å². The Morgan fingerprint density at radius 2 is 1.80 bits per heavy atom. The average molecular weight is 274 g/mol. The number of benzene rings is 1. The molecule has 0 bridgehead atoms. The van der Waals surface area contributed by atoms with E-state index in [1.165, 1.54) is 13.3 Å². The van der Waals surface area contributed by atoms with Crippen LogP contribution in [0.25, 0.3) is 0 Å². The molecule has 1 heterocycles. The molecule has 1 aliphatic rings. The first-order chi connectivity index (χ1) is 9.60. The molecule has 1 saturated heterocycles. The number of carbonyl (C=O) groups is 2. The molecule has 1 N–H and O–H groups in total. The second-order valence-electron chi connectivity index (χ2n) is 5.40. The first kappa shape index (κ1) is 14.6. The molecule has 1 aliphatic heterocycles. The molecule has 0 aromatic heterocycles. The Balaban J connectivity index is 1.90. The monoisotopic (exact) mass is 274 g/mol. The molecular weight excluding hydrogens is 252 g/mol. The van der Waals surface area contributed by atoms with Crippen molar-refractivity contribution in [1.29, 1.82) is 0 Å². The molecule has 1 aromatic rings. The molecular formula is C16H22N2O2. The molecule has 4 nitrogen and oxygen atoms in total. The lowest BCUT2D eigenvalue weighted by Gasteiger charge is -2.31. The van der Waals surface area contributed by atoms with Crippen LogP contribution in [0, 0.1) is 5.92 Å². The van der Waals surface area contributed by atoms with Gasteiger partial charge < -0.3 is 10.2 Å². The van der Waals surface area contributed by atoms with Gasteiger partial charge in [0.05, 0.1) is 0 Å². The maximum Gasteiger partial charge on any atom is 0.321 e. The minimum atomic E-state index is -0.0462. The van der Waals surface area contributed by atoms with Crippen LogP contribution in [-0.4, -0.2) is 29.8 Å². The molecule has 2 amide bonds. The maximum atomic E-state index is 12.1. The second-order valence-corrected chi connectivity index (χ2v) is 5.40. The molecule has 0 spiro atoms. The predicted molar refractivity (Wildman–Crippen MR) is 80.1 cm³/mol. The first-order valence-electron chi connectivity index (χ1n) is 7.27. The summed E-state index contributed by atoms with van der Waals surface area (Å²) in [6.45, 7) is 5.40. The van der Waals surface area contributed by atoms with Gasteiger partial charge in [0.1, 0.15) is 0 Å². The lowest BCUT2D eigenvalue weighted by molar-refractivity contribution is 0.101. The normalized spacial score (nSPS) is 16.0. The smallest absolute Gasteiger partial charge is 0.321 e. The Morgan fingerprint density at radius 1 is 1.20 bits per heavy atom. The molecule has 1 aromatic carbocycles. The fraction of sp³-hybridized carbons (Fsp3) is 0.500. The van der Waals surface area contributed by atoms with E-state index in [9.17, 15) is 9.59 Å². The molecule has 4 heteroatoms. The molecule has 0 atom stereocenters. The van der Waals surface area contributed by atoms with Gasteiger partial charge in [0.15, 0.2) is 5.78 Å². The fourth-order valence-electron chi connectivity index (χ4n) is 2.54. The number of urea groups is 1. The van der Waals surface area contributed by atoms with Crippen molar-refractivity contribution < 1.29 is 9.59 Å². The van der Waals surface area contributed by atoms with Crippen molar-refractivity contribution >= 4 is 17.5 Å². The Hall–Kier alpha value is -1.84. The summed E-state index contributed by atoms with van der Waals surface area (Å²) in [5, 5.41) is 2.89. The van der Waals surface area contributed by atoms with E-state index < -0.39 is 0 Å². The van der Waals surface area contributed by atoms with Gasteiger partial charge in [0.2, 0.25) is 0 Å². The average Bonchev–Trinajstić information content (AvgIpc) is 2.48. The summed E-state index contributed by atoms with van der Waals surface area (Å²) in [5.41, 5.74) is 1.39. The first-order valence-corrected chi connectivity index (χ1v) is 7.27. The van der Waals surface area contributed by atoms with Crippen molar-refractivity contribution in [2.45, 2.75) is 33.1 Å². The number of amides is 2. The summed E-state index contributed by atoms with van der Waals surface area (Å²) in [4.78, 5) is 25.2.